The smallest absolute Gasteiger partial charge is 0.171 e. The molecule has 0 radical (unpaired) electrons. The highest BCUT2D eigenvalue weighted by atomic mass is 32.1. The average Bonchev–Trinajstić information content (AvgIpc) is 2.54. The van der Waals surface area contributed by atoms with Gasteiger partial charge in [0.1, 0.15) is 18.1 Å². The minimum Gasteiger partial charge on any atom is -0.494 e. The molecule has 0 heterocycles. The van der Waals surface area contributed by atoms with E-state index in [9.17, 15) is 0 Å². The van der Waals surface area contributed by atoms with Crippen LogP contribution in [0.5, 0.6) is 11.5 Å². The Morgan fingerprint density at radius 2 is 1.78 bits per heavy atom. The maximum absolute atomic E-state index is 5.70. The Bertz CT molecular complexity index is 619. The molecule has 5 heteroatoms. The monoisotopic (exact) mass is 330 g/mol. The van der Waals surface area contributed by atoms with Gasteiger partial charge in [-0.3, -0.25) is 0 Å². The van der Waals surface area contributed by atoms with Gasteiger partial charge in [-0.15, -0.1) is 0 Å². The van der Waals surface area contributed by atoms with Gasteiger partial charge < -0.3 is 20.1 Å². The molecule has 2 aromatic carbocycles. The Balaban J connectivity index is 1.78. The fourth-order valence-corrected chi connectivity index (χ4v) is 2.32. The maximum atomic E-state index is 5.70. The largest absolute Gasteiger partial charge is 0.494 e. The third-order valence-electron chi connectivity index (χ3n) is 3.02. The van der Waals surface area contributed by atoms with Crippen LogP contribution in [-0.2, 0) is 0 Å². The molecule has 2 rings (SSSR count). The van der Waals surface area contributed by atoms with Gasteiger partial charge in [0.15, 0.2) is 5.11 Å². The van der Waals surface area contributed by atoms with Gasteiger partial charge >= 0.3 is 0 Å². The fourth-order valence-electron chi connectivity index (χ4n) is 2.00. The number of ether oxygens (including phenoxy) is 2. The van der Waals surface area contributed by atoms with Gasteiger partial charge in [0, 0.05) is 11.8 Å². The third kappa shape index (κ3) is 6.16. The van der Waals surface area contributed by atoms with Crippen molar-refractivity contribution < 1.29 is 9.47 Å². The second kappa shape index (κ2) is 9.00. The summed E-state index contributed by atoms with van der Waals surface area (Å²) in [4.78, 5) is 0. The van der Waals surface area contributed by atoms with Gasteiger partial charge in [-0.25, -0.2) is 0 Å². The van der Waals surface area contributed by atoms with Crippen molar-refractivity contribution >= 4 is 23.0 Å². The molecule has 0 aromatic heterocycles. The molecule has 122 valence electrons. The zero-order valence-electron chi connectivity index (χ0n) is 13.4. The molecule has 0 aliphatic rings. The van der Waals surface area contributed by atoms with E-state index in [-0.39, 0.29) is 6.04 Å². The van der Waals surface area contributed by atoms with Crippen LogP contribution < -0.4 is 20.1 Å². The highest BCUT2D eigenvalue weighted by Gasteiger charge is 2.06. The van der Waals surface area contributed by atoms with E-state index in [4.69, 9.17) is 21.7 Å². The van der Waals surface area contributed by atoms with Crippen molar-refractivity contribution in [1.29, 1.82) is 0 Å². The van der Waals surface area contributed by atoms with Gasteiger partial charge in [0.05, 0.1) is 12.6 Å². The lowest BCUT2D eigenvalue weighted by Gasteiger charge is -2.18. The summed E-state index contributed by atoms with van der Waals surface area (Å²) >= 11 is 5.33. The molecule has 4 nitrogen and oxygen atoms in total. The van der Waals surface area contributed by atoms with Crippen molar-refractivity contribution in [3.8, 4) is 11.5 Å². The SMILES string of the molecule is CCOc1cccc(NC(=S)N[C@H](C)COc2ccccc2)c1. The van der Waals surface area contributed by atoms with E-state index in [1.807, 2.05) is 68.4 Å². The van der Waals surface area contributed by atoms with E-state index in [2.05, 4.69) is 10.6 Å². The van der Waals surface area contributed by atoms with E-state index in [0.717, 1.165) is 17.2 Å². The molecular weight excluding hydrogens is 308 g/mol. The molecule has 23 heavy (non-hydrogen) atoms. The molecule has 0 amide bonds. The standard InChI is InChI=1S/C18H22N2O2S/c1-3-21-17-11-7-8-15(12-17)20-18(23)19-14(2)13-22-16-9-5-4-6-10-16/h4-12,14H,3,13H2,1-2H3,(H2,19,20,23)/t14-/m1/s1. The van der Waals surface area contributed by atoms with E-state index < -0.39 is 0 Å². The molecule has 0 fully saturated rings. The molecule has 0 bridgehead atoms. The first-order valence-corrected chi connectivity index (χ1v) is 8.06. The first kappa shape index (κ1) is 17.1. The van der Waals surface area contributed by atoms with Crippen molar-refractivity contribution in [3.05, 3.63) is 54.6 Å². The van der Waals surface area contributed by atoms with Crippen LogP contribution in [-0.4, -0.2) is 24.4 Å². The van der Waals surface area contributed by atoms with Crippen LogP contribution in [0, 0.1) is 0 Å². The van der Waals surface area contributed by atoms with Gasteiger partial charge in [0.25, 0.3) is 0 Å². The summed E-state index contributed by atoms with van der Waals surface area (Å²) < 4.78 is 11.2. The summed E-state index contributed by atoms with van der Waals surface area (Å²) in [6.07, 6.45) is 0. The lowest BCUT2D eigenvalue weighted by molar-refractivity contribution is 0.287. The second-order valence-electron chi connectivity index (χ2n) is 5.08. The van der Waals surface area contributed by atoms with Crippen molar-refractivity contribution in [2.75, 3.05) is 18.5 Å². The van der Waals surface area contributed by atoms with Crippen LogP contribution >= 0.6 is 12.2 Å². The number of thiocarbonyl (C=S) groups is 1. The van der Waals surface area contributed by atoms with Crippen LogP contribution in [0.25, 0.3) is 0 Å². The van der Waals surface area contributed by atoms with Crippen molar-refractivity contribution in [1.82, 2.24) is 5.32 Å². The lowest BCUT2D eigenvalue weighted by atomic mass is 10.3. The number of benzene rings is 2. The normalized spacial score (nSPS) is 11.4. The molecule has 2 N–H and O–H groups in total. The molecule has 0 spiro atoms. The number of rotatable bonds is 7. The summed E-state index contributed by atoms with van der Waals surface area (Å²) in [5.74, 6) is 1.67. The number of anilines is 1. The van der Waals surface area contributed by atoms with Crippen molar-refractivity contribution in [2.24, 2.45) is 0 Å². The highest BCUT2D eigenvalue weighted by molar-refractivity contribution is 7.80. The average molecular weight is 330 g/mol. The topological polar surface area (TPSA) is 42.5 Å². The minimum absolute atomic E-state index is 0.0882. The molecule has 0 unspecified atom stereocenters. The van der Waals surface area contributed by atoms with Crippen LogP contribution in [0.15, 0.2) is 54.6 Å². The summed E-state index contributed by atoms with van der Waals surface area (Å²) in [5.41, 5.74) is 0.893. The molecule has 2 aromatic rings. The van der Waals surface area contributed by atoms with E-state index in [1.165, 1.54) is 0 Å². The Morgan fingerprint density at radius 3 is 2.52 bits per heavy atom. The van der Waals surface area contributed by atoms with E-state index >= 15 is 0 Å². The minimum atomic E-state index is 0.0882. The lowest BCUT2D eigenvalue weighted by Crippen LogP contribution is -2.39. The maximum Gasteiger partial charge on any atom is 0.171 e. The van der Waals surface area contributed by atoms with Crippen LogP contribution in [0.2, 0.25) is 0 Å². The first-order chi connectivity index (χ1) is 11.2. The zero-order valence-corrected chi connectivity index (χ0v) is 14.2. The van der Waals surface area contributed by atoms with E-state index in [1.54, 1.807) is 0 Å². The number of hydrogen-bond donors (Lipinski definition) is 2. The summed E-state index contributed by atoms with van der Waals surface area (Å²) in [5, 5.41) is 6.92. The van der Waals surface area contributed by atoms with Crippen molar-refractivity contribution in [2.45, 2.75) is 19.9 Å². The number of nitrogens with one attached hydrogen (secondary N) is 2. The molecule has 0 saturated carbocycles. The van der Waals surface area contributed by atoms with Crippen LogP contribution in [0.1, 0.15) is 13.8 Å². The molecule has 0 aliphatic heterocycles. The van der Waals surface area contributed by atoms with E-state index in [0.29, 0.717) is 18.3 Å². The number of para-hydroxylation sites is 1. The summed E-state index contributed by atoms with van der Waals surface area (Å²) in [7, 11) is 0. The number of hydrogen-bond acceptors (Lipinski definition) is 3. The van der Waals surface area contributed by atoms with Gasteiger partial charge in [-0.2, -0.15) is 0 Å². The van der Waals surface area contributed by atoms with Crippen LogP contribution in [0.3, 0.4) is 0 Å². The van der Waals surface area contributed by atoms with Gasteiger partial charge in [0.2, 0.25) is 0 Å². The quantitative estimate of drug-likeness (QED) is 0.755. The van der Waals surface area contributed by atoms with Crippen LogP contribution in [0.4, 0.5) is 5.69 Å². The second-order valence-corrected chi connectivity index (χ2v) is 5.49. The summed E-state index contributed by atoms with van der Waals surface area (Å²) in [6, 6.07) is 17.5. The zero-order chi connectivity index (χ0) is 16.5. The van der Waals surface area contributed by atoms with Gasteiger partial charge in [-0.05, 0) is 50.3 Å². The molecule has 1 atom stereocenters. The highest BCUT2D eigenvalue weighted by Crippen LogP contribution is 2.17. The predicted octanol–water partition coefficient (Wildman–Crippen LogP) is 3.84. The van der Waals surface area contributed by atoms with Gasteiger partial charge in [-0.1, -0.05) is 24.3 Å². The summed E-state index contributed by atoms with van der Waals surface area (Å²) in [6.45, 7) is 5.15. The third-order valence-corrected chi connectivity index (χ3v) is 3.24. The first-order valence-electron chi connectivity index (χ1n) is 7.65. The molecule has 0 saturated heterocycles. The molecular formula is C18H22N2O2S. The fraction of sp³-hybridized carbons (Fsp3) is 0.278. The Labute approximate surface area is 142 Å². The Hall–Kier alpha value is -2.27. The molecule has 0 aliphatic carbocycles. The predicted molar refractivity (Wildman–Crippen MR) is 98.4 cm³/mol. The van der Waals surface area contributed by atoms with Crippen molar-refractivity contribution in [3.63, 3.8) is 0 Å². The Morgan fingerprint density at radius 1 is 1.04 bits per heavy atom. The Kier molecular flexibility index (Phi) is 6.69.